The third-order valence-electron chi connectivity index (χ3n) is 2.84. The highest BCUT2D eigenvalue weighted by Gasteiger charge is 2.23. The number of carbonyl (C=O) groups is 2. The summed E-state index contributed by atoms with van der Waals surface area (Å²) in [5.74, 6) is -1.56. The lowest BCUT2D eigenvalue weighted by Gasteiger charge is -2.13. The van der Waals surface area contributed by atoms with Gasteiger partial charge in [-0.3, -0.25) is 9.48 Å². The van der Waals surface area contributed by atoms with Crippen LogP contribution in [0, 0.1) is 6.92 Å². The number of amides is 1. The van der Waals surface area contributed by atoms with Crippen LogP contribution < -0.4 is 5.32 Å². The summed E-state index contributed by atoms with van der Waals surface area (Å²) in [6.07, 6.45) is 4.68. The monoisotopic (exact) mass is 277 g/mol. The van der Waals surface area contributed by atoms with Crippen molar-refractivity contribution in [2.45, 2.75) is 19.4 Å². The normalized spacial score (nSPS) is 12.1. The Bertz CT molecular complexity index is 617. The first-order valence-electron chi connectivity index (χ1n) is 5.98. The lowest BCUT2D eigenvalue weighted by atomic mass is 10.1. The number of aliphatic carboxylic acids is 1. The van der Waals surface area contributed by atoms with Gasteiger partial charge in [-0.05, 0) is 6.92 Å². The van der Waals surface area contributed by atoms with Gasteiger partial charge in [0.05, 0.1) is 17.6 Å². The fraction of sp³-hybridized carbons (Fsp3) is 0.333. The van der Waals surface area contributed by atoms with E-state index < -0.39 is 17.9 Å². The average Bonchev–Trinajstić information content (AvgIpc) is 2.97. The summed E-state index contributed by atoms with van der Waals surface area (Å²) in [6, 6.07) is -1.03. The predicted molar refractivity (Wildman–Crippen MR) is 69.1 cm³/mol. The molecular weight excluding hydrogens is 262 g/mol. The van der Waals surface area contributed by atoms with Crippen molar-refractivity contribution in [3.05, 3.63) is 35.7 Å². The molecule has 2 rings (SSSR count). The van der Waals surface area contributed by atoms with E-state index in [0.29, 0.717) is 17.0 Å². The SMILES string of the molecule is Cc1nn(C)cc1C(=O)N[C@@H](Cc1cnc[nH]1)C(=O)O. The largest absolute Gasteiger partial charge is 0.480 e. The molecule has 0 fully saturated rings. The van der Waals surface area contributed by atoms with Crippen LogP contribution in [0.2, 0.25) is 0 Å². The van der Waals surface area contributed by atoms with Crippen molar-refractivity contribution in [3.63, 3.8) is 0 Å². The average molecular weight is 277 g/mol. The Labute approximate surface area is 114 Å². The number of aromatic nitrogens is 4. The molecule has 8 nitrogen and oxygen atoms in total. The van der Waals surface area contributed by atoms with Gasteiger partial charge in [0.15, 0.2) is 0 Å². The van der Waals surface area contributed by atoms with Crippen molar-refractivity contribution in [3.8, 4) is 0 Å². The number of nitrogens with zero attached hydrogens (tertiary/aromatic N) is 3. The number of rotatable bonds is 5. The Hall–Kier alpha value is -2.64. The van der Waals surface area contributed by atoms with Gasteiger partial charge in [-0.1, -0.05) is 0 Å². The molecule has 0 aliphatic rings. The minimum atomic E-state index is -1.10. The maximum Gasteiger partial charge on any atom is 0.326 e. The summed E-state index contributed by atoms with van der Waals surface area (Å²) in [6.45, 7) is 1.69. The van der Waals surface area contributed by atoms with Crippen LogP contribution in [-0.4, -0.2) is 42.8 Å². The van der Waals surface area contributed by atoms with Crippen LogP contribution in [-0.2, 0) is 18.3 Å². The van der Waals surface area contributed by atoms with Crippen LogP contribution in [0.4, 0.5) is 0 Å². The second kappa shape index (κ2) is 5.55. The first-order valence-corrected chi connectivity index (χ1v) is 5.98. The maximum atomic E-state index is 12.1. The molecule has 2 aromatic heterocycles. The van der Waals surface area contributed by atoms with Gasteiger partial charge in [0.1, 0.15) is 6.04 Å². The number of H-pyrrole nitrogens is 1. The Kier molecular flexibility index (Phi) is 3.83. The summed E-state index contributed by atoms with van der Waals surface area (Å²) in [7, 11) is 1.70. The quantitative estimate of drug-likeness (QED) is 0.705. The first kappa shape index (κ1) is 13.8. The first-order chi connectivity index (χ1) is 9.47. The highest BCUT2D eigenvalue weighted by Crippen LogP contribution is 2.06. The topological polar surface area (TPSA) is 113 Å². The Morgan fingerprint density at radius 1 is 1.55 bits per heavy atom. The van der Waals surface area contributed by atoms with Gasteiger partial charge in [0, 0.05) is 31.6 Å². The molecule has 106 valence electrons. The molecule has 1 atom stereocenters. The summed E-state index contributed by atoms with van der Waals surface area (Å²) < 4.78 is 1.51. The van der Waals surface area contributed by atoms with Crippen LogP contribution in [0.3, 0.4) is 0 Å². The van der Waals surface area contributed by atoms with Crippen LogP contribution in [0.15, 0.2) is 18.7 Å². The van der Waals surface area contributed by atoms with Crippen LogP contribution in [0.5, 0.6) is 0 Å². The van der Waals surface area contributed by atoms with Crippen LogP contribution >= 0.6 is 0 Å². The Balaban J connectivity index is 2.10. The van der Waals surface area contributed by atoms with Crippen molar-refractivity contribution >= 4 is 11.9 Å². The van der Waals surface area contributed by atoms with E-state index in [9.17, 15) is 14.7 Å². The molecular formula is C12H15N5O3. The molecule has 3 N–H and O–H groups in total. The smallest absolute Gasteiger partial charge is 0.326 e. The van der Waals surface area contributed by atoms with Crippen molar-refractivity contribution in [2.24, 2.45) is 7.05 Å². The number of aryl methyl sites for hydroxylation is 2. The van der Waals surface area contributed by atoms with Crippen LogP contribution in [0.25, 0.3) is 0 Å². The second-order valence-electron chi connectivity index (χ2n) is 4.45. The highest BCUT2D eigenvalue weighted by molar-refractivity contribution is 5.97. The van der Waals surface area contributed by atoms with E-state index in [-0.39, 0.29) is 6.42 Å². The van der Waals surface area contributed by atoms with Gasteiger partial charge in [0.25, 0.3) is 5.91 Å². The zero-order valence-electron chi connectivity index (χ0n) is 11.1. The van der Waals surface area contributed by atoms with E-state index in [2.05, 4.69) is 20.4 Å². The lowest BCUT2D eigenvalue weighted by molar-refractivity contribution is -0.139. The second-order valence-corrected chi connectivity index (χ2v) is 4.45. The summed E-state index contributed by atoms with van der Waals surface area (Å²) in [5.41, 5.74) is 1.56. The maximum absolute atomic E-state index is 12.1. The number of carbonyl (C=O) groups excluding carboxylic acids is 1. The summed E-state index contributed by atoms with van der Waals surface area (Å²) >= 11 is 0. The molecule has 0 aliphatic carbocycles. The third-order valence-corrected chi connectivity index (χ3v) is 2.84. The Morgan fingerprint density at radius 3 is 2.80 bits per heavy atom. The molecule has 0 bridgehead atoms. The summed E-state index contributed by atoms with van der Waals surface area (Å²) in [5, 5.41) is 15.7. The van der Waals surface area contributed by atoms with Gasteiger partial charge in [-0.2, -0.15) is 5.10 Å². The predicted octanol–water partition coefficient (Wildman–Crippen LogP) is -0.123. The lowest BCUT2D eigenvalue weighted by Crippen LogP contribution is -2.42. The summed E-state index contributed by atoms with van der Waals surface area (Å²) in [4.78, 5) is 29.9. The molecule has 0 saturated heterocycles. The van der Waals surface area contributed by atoms with Gasteiger partial charge in [-0.15, -0.1) is 0 Å². The molecule has 0 aliphatic heterocycles. The third kappa shape index (κ3) is 3.02. The zero-order chi connectivity index (χ0) is 14.7. The van der Waals surface area contributed by atoms with Crippen molar-refractivity contribution < 1.29 is 14.7 Å². The molecule has 2 heterocycles. The van der Waals surface area contributed by atoms with E-state index >= 15 is 0 Å². The minimum absolute atomic E-state index is 0.139. The number of carboxylic acid groups (broad SMARTS) is 1. The number of hydrogen-bond donors (Lipinski definition) is 3. The number of nitrogens with one attached hydrogen (secondary N) is 2. The van der Waals surface area contributed by atoms with Crippen molar-refractivity contribution in [2.75, 3.05) is 0 Å². The highest BCUT2D eigenvalue weighted by atomic mass is 16.4. The molecule has 0 saturated carbocycles. The number of carboxylic acids is 1. The van der Waals surface area contributed by atoms with E-state index in [4.69, 9.17) is 0 Å². The molecule has 8 heteroatoms. The fourth-order valence-electron chi connectivity index (χ4n) is 1.87. The fourth-order valence-corrected chi connectivity index (χ4v) is 1.87. The molecule has 20 heavy (non-hydrogen) atoms. The number of imidazole rings is 1. The molecule has 0 aromatic carbocycles. The van der Waals surface area contributed by atoms with Crippen molar-refractivity contribution in [1.29, 1.82) is 0 Å². The molecule has 2 aromatic rings. The Morgan fingerprint density at radius 2 is 2.30 bits per heavy atom. The van der Waals surface area contributed by atoms with Crippen molar-refractivity contribution in [1.82, 2.24) is 25.1 Å². The van der Waals surface area contributed by atoms with E-state index in [1.807, 2.05) is 0 Å². The molecule has 0 spiro atoms. The van der Waals surface area contributed by atoms with E-state index in [1.165, 1.54) is 17.2 Å². The number of aromatic amines is 1. The number of hydrogen-bond acceptors (Lipinski definition) is 4. The molecule has 0 unspecified atom stereocenters. The molecule has 0 radical (unpaired) electrons. The van der Waals surface area contributed by atoms with E-state index in [1.54, 1.807) is 20.2 Å². The standard InChI is InChI=1S/C12H15N5O3/c1-7-9(5-17(2)16-7)11(18)15-10(12(19)20)3-8-4-13-6-14-8/h4-6,10H,3H2,1-2H3,(H,13,14)(H,15,18)(H,19,20)/t10-/m0/s1. The van der Waals surface area contributed by atoms with Gasteiger partial charge < -0.3 is 15.4 Å². The van der Waals surface area contributed by atoms with Gasteiger partial charge in [-0.25, -0.2) is 9.78 Å². The molecule has 1 amide bonds. The van der Waals surface area contributed by atoms with Crippen LogP contribution in [0.1, 0.15) is 21.7 Å². The van der Waals surface area contributed by atoms with E-state index in [0.717, 1.165) is 0 Å². The van der Waals surface area contributed by atoms with Gasteiger partial charge in [0.2, 0.25) is 0 Å². The van der Waals surface area contributed by atoms with Gasteiger partial charge >= 0.3 is 5.97 Å². The zero-order valence-corrected chi connectivity index (χ0v) is 11.1. The minimum Gasteiger partial charge on any atom is -0.480 e.